The number of hydrogen-bond acceptors (Lipinski definition) is 5. The van der Waals surface area contributed by atoms with E-state index in [1.807, 2.05) is 11.9 Å². The van der Waals surface area contributed by atoms with Crippen LogP contribution in [0, 0.1) is 0 Å². The van der Waals surface area contributed by atoms with Crippen LogP contribution in [-0.4, -0.2) is 53.9 Å². The second-order valence-electron chi connectivity index (χ2n) is 4.92. The highest BCUT2D eigenvalue weighted by atomic mass is 16.3. The number of nitrogens with zero attached hydrogens (tertiary/aromatic N) is 2. The molecule has 1 aromatic heterocycles. The van der Waals surface area contributed by atoms with Crippen molar-refractivity contribution in [3.63, 3.8) is 0 Å². The van der Waals surface area contributed by atoms with E-state index in [9.17, 15) is 14.7 Å². The molecule has 20 heavy (non-hydrogen) atoms. The van der Waals surface area contributed by atoms with Gasteiger partial charge in [-0.25, -0.2) is 4.79 Å². The highest BCUT2D eigenvalue weighted by Crippen LogP contribution is 2.07. The van der Waals surface area contributed by atoms with Crippen LogP contribution in [0.25, 0.3) is 0 Å². The third kappa shape index (κ3) is 3.08. The van der Waals surface area contributed by atoms with E-state index < -0.39 is 17.1 Å². The lowest BCUT2D eigenvalue weighted by Gasteiger charge is -2.28. The van der Waals surface area contributed by atoms with Gasteiger partial charge in [-0.1, -0.05) is 6.92 Å². The van der Waals surface area contributed by atoms with Gasteiger partial charge >= 0.3 is 5.69 Å². The van der Waals surface area contributed by atoms with Crippen molar-refractivity contribution in [3.05, 3.63) is 26.4 Å². The molecule has 110 valence electrons. The van der Waals surface area contributed by atoms with Crippen LogP contribution in [0.2, 0.25) is 0 Å². The van der Waals surface area contributed by atoms with Gasteiger partial charge < -0.3 is 15.0 Å². The Morgan fingerprint density at radius 2 is 2.00 bits per heavy atom. The van der Waals surface area contributed by atoms with E-state index in [-0.39, 0.29) is 5.56 Å². The van der Waals surface area contributed by atoms with E-state index in [2.05, 4.69) is 22.1 Å². The first-order valence-electron chi connectivity index (χ1n) is 6.69. The summed E-state index contributed by atoms with van der Waals surface area (Å²) in [5, 5.41) is 18.1. The van der Waals surface area contributed by atoms with Crippen molar-refractivity contribution >= 4 is 5.71 Å². The number of quaternary nitrogens is 1. The molecular formula is C12H19N5O3. The Labute approximate surface area is 115 Å². The van der Waals surface area contributed by atoms with Crippen LogP contribution in [0.5, 0.6) is 5.88 Å². The summed E-state index contributed by atoms with van der Waals surface area (Å²) in [6, 6.07) is 0. The number of rotatable bonds is 3. The van der Waals surface area contributed by atoms with Gasteiger partial charge in [0.05, 0.1) is 44.5 Å². The molecule has 0 spiro atoms. The molecule has 0 radical (unpaired) electrons. The molecule has 1 fully saturated rings. The van der Waals surface area contributed by atoms with Gasteiger partial charge in [-0.05, 0) is 12.3 Å². The Morgan fingerprint density at radius 3 is 2.55 bits per heavy atom. The Morgan fingerprint density at radius 1 is 1.35 bits per heavy atom. The zero-order chi connectivity index (χ0) is 14.7. The molecule has 0 bridgehead atoms. The van der Waals surface area contributed by atoms with E-state index in [4.69, 9.17) is 0 Å². The van der Waals surface area contributed by atoms with Gasteiger partial charge in [-0.2, -0.15) is 5.10 Å². The monoisotopic (exact) mass is 281 g/mol. The predicted octanol–water partition coefficient (Wildman–Crippen LogP) is -2.92. The third-order valence-electron chi connectivity index (χ3n) is 3.39. The first-order valence-corrected chi connectivity index (χ1v) is 6.69. The fraction of sp³-hybridized carbons (Fsp3) is 0.583. The fourth-order valence-corrected chi connectivity index (χ4v) is 2.17. The van der Waals surface area contributed by atoms with Gasteiger partial charge in [0.1, 0.15) is 0 Å². The standard InChI is InChI=1S/C12H19N5O3/c1-3-8(15-17-6-4-16(2)5-7-17)9-10(18)13-12(20)14-11(9)19/h3-7H2,1-2H3,(H3,13,14,18,19,20)/b15-8+. The summed E-state index contributed by atoms with van der Waals surface area (Å²) in [4.78, 5) is 28.4. The second kappa shape index (κ2) is 5.91. The lowest BCUT2D eigenvalue weighted by Crippen LogP contribution is -3.11. The molecule has 2 heterocycles. The van der Waals surface area contributed by atoms with Gasteiger partial charge in [0.25, 0.3) is 5.56 Å². The summed E-state index contributed by atoms with van der Waals surface area (Å²) in [6.07, 6.45) is 0.448. The van der Waals surface area contributed by atoms with Crippen molar-refractivity contribution in [1.82, 2.24) is 15.0 Å². The molecular weight excluding hydrogens is 262 g/mol. The molecule has 2 rings (SSSR count). The molecule has 3 N–H and O–H groups in total. The van der Waals surface area contributed by atoms with Crippen LogP contribution < -0.4 is 21.3 Å². The van der Waals surface area contributed by atoms with Crippen molar-refractivity contribution in [3.8, 4) is 5.88 Å². The van der Waals surface area contributed by atoms with Gasteiger partial charge in [0, 0.05) is 0 Å². The zero-order valence-corrected chi connectivity index (χ0v) is 11.7. The lowest BCUT2D eigenvalue weighted by molar-refractivity contribution is -0.884. The molecule has 0 aromatic carbocycles. The minimum absolute atomic E-state index is 0.0709. The predicted molar refractivity (Wildman–Crippen MR) is 72.2 cm³/mol. The van der Waals surface area contributed by atoms with Crippen molar-refractivity contribution in [2.45, 2.75) is 13.3 Å². The van der Waals surface area contributed by atoms with Crippen LogP contribution in [0.15, 0.2) is 14.7 Å². The first kappa shape index (κ1) is 14.3. The molecule has 0 aliphatic carbocycles. The number of hydrazone groups is 1. The number of nitrogens with one attached hydrogen (secondary N) is 3. The Balaban J connectivity index is 2.33. The number of aromatic nitrogens is 2. The fourth-order valence-electron chi connectivity index (χ4n) is 2.17. The molecule has 0 atom stereocenters. The van der Waals surface area contributed by atoms with Gasteiger partial charge in [0.15, 0.2) is 0 Å². The number of likely N-dealkylation sites (N-methyl/N-ethyl adjacent to an activating group) is 1. The molecule has 8 nitrogen and oxygen atoms in total. The van der Waals surface area contributed by atoms with Crippen molar-refractivity contribution in [1.29, 1.82) is 0 Å². The SMILES string of the molecule is CC/C(=N\N1CC[NH+](C)CC1)c1c([O-])[nH]c(=O)[nH]c1=O. The normalized spacial score (nSPS) is 17.5. The smallest absolute Gasteiger partial charge is 0.325 e. The minimum atomic E-state index is -0.789. The maximum absolute atomic E-state index is 11.8. The summed E-state index contributed by atoms with van der Waals surface area (Å²) in [6.45, 7) is 5.32. The topological polar surface area (TPSA) is 109 Å². The van der Waals surface area contributed by atoms with Crippen LogP contribution in [0.3, 0.4) is 0 Å². The quantitative estimate of drug-likeness (QED) is 0.516. The van der Waals surface area contributed by atoms with Gasteiger partial charge in [-0.15, -0.1) is 0 Å². The third-order valence-corrected chi connectivity index (χ3v) is 3.39. The van der Waals surface area contributed by atoms with Gasteiger partial charge in [0.2, 0.25) is 0 Å². The second-order valence-corrected chi connectivity index (χ2v) is 4.92. The molecule has 0 unspecified atom stereocenters. The maximum atomic E-state index is 11.8. The van der Waals surface area contributed by atoms with Crippen LogP contribution in [0.1, 0.15) is 18.9 Å². The highest BCUT2D eigenvalue weighted by Gasteiger charge is 2.17. The minimum Gasteiger partial charge on any atom is -0.860 e. The number of H-pyrrole nitrogens is 2. The maximum Gasteiger partial charge on any atom is 0.325 e. The number of hydrogen-bond donors (Lipinski definition) is 3. The molecule has 1 aliphatic heterocycles. The average Bonchev–Trinajstić information content (AvgIpc) is 2.38. The molecule has 1 aromatic rings. The summed E-state index contributed by atoms with van der Waals surface area (Å²) < 4.78 is 0. The summed E-state index contributed by atoms with van der Waals surface area (Å²) in [5.41, 5.74) is -1.13. The Kier molecular flexibility index (Phi) is 4.23. The summed E-state index contributed by atoms with van der Waals surface area (Å²) >= 11 is 0. The number of piperazine rings is 1. The van der Waals surface area contributed by atoms with Crippen LogP contribution in [0.4, 0.5) is 0 Å². The molecule has 0 amide bonds. The van der Waals surface area contributed by atoms with Gasteiger partial charge in [-0.3, -0.25) is 14.8 Å². The Bertz CT molecular complexity index is 610. The Hall–Kier alpha value is -2.09. The van der Waals surface area contributed by atoms with Crippen LogP contribution in [-0.2, 0) is 0 Å². The van der Waals surface area contributed by atoms with Crippen molar-refractivity contribution < 1.29 is 10.0 Å². The zero-order valence-electron chi connectivity index (χ0n) is 11.7. The molecule has 1 aliphatic rings. The largest absolute Gasteiger partial charge is 0.860 e. The summed E-state index contributed by atoms with van der Waals surface area (Å²) in [5.74, 6) is -0.681. The van der Waals surface area contributed by atoms with Crippen molar-refractivity contribution in [2.24, 2.45) is 5.10 Å². The lowest BCUT2D eigenvalue weighted by atomic mass is 10.1. The highest BCUT2D eigenvalue weighted by molar-refractivity contribution is 6.01. The average molecular weight is 281 g/mol. The summed E-state index contributed by atoms with van der Waals surface area (Å²) in [7, 11) is 2.12. The number of aromatic amines is 2. The molecule has 1 saturated heterocycles. The van der Waals surface area contributed by atoms with E-state index >= 15 is 0 Å². The molecule has 8 heteroatoms. The van der Waals surface area contributed by atoms with Crippen molar-refractivity contribution in [2.75, 3.05) is 33.2 Å². The van der Waals surface area contributed by atoms with E-state index in [1.165, 1.54) is 4.90 Å². The molecule has 0 saturated carbocycles. The van der Waals surface area contributed by atoms with E-state index in [0.29, 0.717) is 12.1 Å². The van der Waals surface area contributed by atoms with E-state index in [1.54, 1.807) is 0 Å². The van der Waals surface area contributed by atoms with Crippen LogP contribution >= 0.6 is 0 Å². The van der Waals surface area contributed by atoms with E-state index in [0.717, 1.165) is 26.2 Å². The first-order chi connectivity index (χ1) is 9.51.